The number of piperazine rings is 1. The van der Waals surface area contributed by atoms with Gasteiger partial charge in [-0.1, -0.05) is 0 Å². The van der Waals surface area contributed by atoms with Crippen molar-refractivity contribution in [2.75, 3.05) is 44.8 Å². The predicted molar refractivity (Wildman–Crippen MR) is 97.2 cm³/mol. The summed E-state index contributed by atoms with van der Waals surface area (Å²) in [6.07, 6.45) is 4.77. The van der Waals surface area contributed by atoms with Crippen LogP contribution in [0.3, 0.4) is 0 Å². The van der Waals surface area contributed by atoms with E-state index in [1.54, 1.807) is 7.11 Å². The van der Waals surface area contributed by atoms with E-state index in [2.05, 4.69) is 15.1 Å². The molecule has 1 aliphatic heterocycles. The minimum absolute atomic E-state index is 0.199. The Hall–Kier alpha value is -1.89. The van der Waals surface area contributed by atoms with E-state index in [0.29, 0.717) is 29.9 Å². The van der Waals surface area contributed by atoms with Gasteiger partial charge in [-0.15, -0.1) is 10.2 Å². The van der Waals surface area contributed by atoms with Gasteiger partial charge in [0.15, 0.2) is 5.82 Å². The van der Waals surface area contributed by atoms with E-state index in [0.717, 1.165) is 51.3 Å². The molecule has 2 saturated carbocycles. The lowest BCUT2D eigenvalue weighted by Crippen LogP contribution is -2.59. The molecule has 3 aliphatic rings. The summed E-state index contributed by atoms with van der Waals surface area (Å²) in [5.41, 5.74) is 0.314. The Labute approximate surface area is 154 Å². The van der Waals surface area contributed by atoms with Crippen LogP contribution in [-0.4, -0.2) is 67.0 Å². The minimum Gasteiger partial charge on any atom is -0.477 e. The maximum absolute atomic E-state index is 12.8. The van der Waals surface area contributed by atoms with Gasteiger partial charge >= 0.3 is 0 Å². The molecule has 1 unspecified atom stereocenters. The molecule has 0 bridgehead atoms. The van der Waals surface area contributed by atoms with E-state index in [9.17, 15) is 4.79 Å². The van der Waals surface area contributed by atoms with Crippen LogP contribution in [-0.2, 0) is 9.53 Å². The topological polar surface area (TPSA) is 67.8 Å². The number of nitrogens with zero attached hydrogens (tertiary/aromatic N) is 4. The molecule has 2 aliphatic carbocycles. The van der Waals surface area contributed by atoms with Crippen molar-refractivity contribution < 1.29 is 14.3 Å². The summed E-state index contributed by atoms with van der Waals surface area (Å²) in [5, 5.41) is 8.33. The van der Waals surface area contributed by atoms with Crippen LogP contribution < -0.4 is 9.64 Å². The zero-order chi connectivity index (χ0) is 18.1. The van der Waals surface area contributed by atoms with Crippen molar-refractivity contribution in [2.45, 2.75) is 38.7 Å². The van der Waals surface area contributed by atoms with Crippen molar-refractivity contribution in [3.63, 3.8) is 0 Å². The fourth-order valence-electron chi connectivity index (χ4n) is 4.72. The first kappa shape index (κ1) is 17.5. The van der Waals surface area contributed by atoms with Crippen LogP contribution in [0.4, 0.5) is 5.82 Å². The number of carbonyl (C=O) groups is 1. The molecule has 7 nitrogen and oxygen atoms in total. The summed E-state index contributed by atoms with van der Waals surface area (Å²) in [5.74, 6) is 1.93. The van der Waals surface area contributed by atoms with Gasteiger partial charge in [0.25, 0.3) is 0 Å². The smallest absolute Gasteiger partial charge is 0.233 e. The SMILES string of the molecule is CCOc1ccc(N2CCN(C(=O)C3CC4(CCC4OC)C3)CC2)nn1. The fourth-order valence-corrected chi connectivity index (χ4v) is 4.72. The molecule has 142 valence electrons. The third-order valence-electron chi connectivity index (χ3n) is 6.36. The Balaban J connectivity index is 1.26. The van der Waals surface area contributed by atoms with Gasteiger partial charge in [0.2, 0.25) is 11.8 Å². The van der Waals surface area contributed by atoms with Crippen LogP contribution >= 0.6 is 0 Å². The quantitative estimate of drug-likeness (QED) is 0.797. The van der Waals surface area contributed by atoms with Crippen LogP contribution in [0.5, 0.6) is 5.88 Å². The fraction of sp³-hybridized carbons (Fsp3) is 0.737. The number of aromatic nitrogens is 2. The van der Waals surface area contributed by atoms with Gasteiger partial charge in [-0.3, -0.25) is 4.79 Å². The van der Waals surface area contributed by atoms with Gasteiger partial charge in [0, 0.05) is 45.3 Å². The Bertz CT molecular complexity index is 635. The van der Waals surface area contributed by atoms with Crippen LogP contribution in [0, 0.1) is 11.3 Å². The third kappa shape index (κ3) is 3.02. The predicted octanol–water partition coefficient (Wildman–Crippen LogP) is 1.73. The zero-order valence-corrected chi connectivity index (χ0v) is 15.7. The molecule has 0 N–H and O–H groups in total. The molecule has 4 rings (SSSR count). The average Bonchev–Trinajstić information content (AvgIpc) is 2.61. The number of carbonyl (C=O) groups excluding carboxylic acids is 1. The Morgan fingerprint density at radius 1 is 1.23 bits per heavy atom. The first-order valence-corrected chi connectivity index (χ1v) is 9.68. The molecule has 1 aromatic heterocycles. The molecule has 1 saturated heterocycles. The number of rotatable bonds is 5. The maximum Gasteiger partial charge on any atom is 0.233 e. The number of methoxy groups -OCH3 is 1. The largest absolute Gasteiger partial charge is 0.477 e. The summed E-state index contributed by atoms with van der Waals surface area (Å²) in [7, 11) is 1.80. The average molecular weight is 360 g/mol. The lowest BCUT2D eigenvalue weighted by molar-refractivity contribution is -0.176. The highest BCUT2D eigenvalue weighted by Gasteiger charge is 2.57. The number of ether oxygens (including phenoxy) is 2. The van der Waals surface area contributed by atoms with Crippen molar-refractivity contribution in [2.24, 2.45) is 11.3 Å². The number of amides is 1. The lowest BCUT2D eigenvalue weighted by atomic mass is 9.50. The van der Waals surface area contributed by atoms with E-state index in [-0.39, 0.29) is 5.92 Å². The molecule has 1 amide bonds. The van der Waals surface area contributed by atoms with E-state index >= 15 is 0 Å². The van der Waals surface area contributed by atoms with E-state index in [1.807, 2.05) is 24.0 Å². The van der Waals surface area contributed by atoms with E-state index in [4.69, 9.17) is 9.47 Å². The number of hydrogen-bond acceptors (Lipinski definition) is 6. The van der Waals surface area contributed by atoms with Gasteiger partial charge in [0.1, 0.15) is 0 Å². The molecular formula is C19H28N4O3. The minimum atomic E-state index is 0.199. The standard InChI is InChI=1S/C19H28N4O3/c1-3-26-17-5-4-16(20-21-17)22-8-10-23(11-9-22)18(24)14-12-19(13-14)7-6-15(19)25-2/h4-5,14-15H,3,6-13H2,1-2H3. The Kier molecular flexibility index (Phi) is 4.73. The molecule has 2 heterocycles. The third-order valence-corrected chi connectivity index (χ3v) is 6.36. The molecule has 3 fully saturated rings. The van der Waals surface area contributed by atoms with Gasteiger partial charge in [-0.2, -0.15) is 0 Å². The first-order chi connectivity index (χ1) is 12.6. The van der Waals surface area contributed by atoms with Crippen LogP contribution in [0.15, 0.2) is 12.1 Å². The molecule has 1 atom stereocenters. The highest BCUT2D eigenvalue weighted by molar-refractivity contribution is 5.80. The van der Waals surface area contributed by atoms with Crippen molar-refractivity contribution in [3.05, 3.63) is 12.1 Å². The summed E-state index contributed by atoms with van der Waals surface area (Å²) in [6.45, 7) is 5.62. The van der Waals surface area contributed by atoms with Gasteiger partial charge < -0.3 is 19.3 Å². The monoisotopic (exact) mass is 360 g/mol. The van der Waals surface area contributed by atoms with Crippen molar-refractivity contribution >= 4 is 11.7 Å². The van der Waals surface area contributed by atoms with Crippen molar-refractivity contribution in [3.8, 4) is 5.88 Å². The number of anilines is 1. The molecule has 1 aromatic rings. The summed E-state index contributed by atoms with van der Waals surface area (Å²) >= 11 is 0. The molecule has 0 aromatic carbocycles. The second-order valence-electron chi connectivity index (χ2n) is 7.71. The second kappa shape index (κ2) is 7.02. The number of hydrogen-bond donors (Lipinski definition) is 0. The van der Waals surface area contributed by atoms with Gasteiger partial charge in [-0.25, -0.2) is 0 Å². The van der Waals surface area contributed by atoms with Crippen LogP contribution in [0.1, 0.15) is 32.6 Å². The van der Waals surface area contributed by atoms with E-state index < -0.39 is 0 Å². The van der Waals surface area contributed by atoms with Crippen molar-refractivity contribution in [1.29, 1.82) is 0 Å². The van der Waals surface area contributed by atoms with Crippen LogP contribution in [0.25, 0.3) is 0 Å². The molecule has 26 heavy (non-hydrogen) atoms. The van der Waals surface area contributed by atoms with Gasteiger partial charge in [-0.05, 0) is 44.1 Å². The molecular weight excluding hydrogens is 332 g/mol. The van der Waals surface area contributed by atoms with Crippen LogP contribution in [0.2, 0.25) is 0 Å². The highest BCUT2D eigenvalue weighted by Crippen LogP contribution is 2.60. The first-order valence-electron chi connectivity index (χ1n) is 9.68. The Morgan fingerprint density at radius 3 is 2.54 bits per heavy atom. The maximum atomic E-state index is 12.8. The summed E-state index contributed by atoms with van der Waals surface area (Å²) < 4.78 is 10.9. The molecule has 7 heteroatoms. The molecule has 1 spiro atoms. The lowest BCUT2D eigenvalue weighted by Gasteiger charge is -2.58. The zero-order valence-electron chi connectivity index (χ0n) is 15.7. The van der Waals surface area contributed by atoms with Gasteiger partial charge in [0.05, 0.1) is 12.7 Å². The summed E-state index contributed by atoms with van der Waals surface area (Å²) in [4.78, 5) is 17.0. The molecule has 0 radical (unpaired) electrons. The normalized spacial score (nSPS) is 30.7. The summed E-state index contributed by atoms with van der Waals surface area (Å²) in [6, 6.07) is 3.79. The van der Waals surface area contributed by atoms with E-state index in [1.165, 1.54) is 6.42 Å². The second-order valence-corrected chi connectivity index (χ2v) is 7.71. The van der Waals surface area contributed by atoms with Crippen molar-refractivity contribution in [1.82, 2.24) is 15.1 Å². The highest BCUT2D eigenvalue weighted by atomic mass is 16.5. The Morgan fingerprint density at radius 2 is 2.00 bits per heavy atom.